The van der Waals surface area contributed by atoms with Crippen LogP contribution in [0.25, 0.3) is 5.57 Å². The molecular formula is C20H28O5. The van der Waals surface area contributed by atoms with Gasteiger partial charge in [0.15, 0.2) is 0 Å². The molecule has 1 aromatic carbocycles. The molecule has 0 fully saturated rings. The molecule has 1 aromatic rings. The van der Waals surface area contributed by atoms with E-state index in [-0.39, 0.29) is 19.0 Å². The number of carbonyl (C=O) groups excluding carboxylic acids is 1. The molecule has 5 nitrogen and oxygen atoms in total. The van der Waals surface area contributed by atoms with E-state index in [1.165, 1.54) is 31.4 Å². The van der Waals surface area contributed by atoms with Crippen LogP contribution in [0.3, 0.4) is 0 Å². The van der Waals surface area contributed by atoms with Crippen LogP contribution in [-0.2, 0) is 9.53 Å². The third-order valence-corrected chi connectivity index (χ3v) is 4.37. The molecule has 0 radical (unpaired) electrons. The Labute approximate surface area is 149 Å². The topological polar surface area (TPSA) is 76.0 Å². The Balaban J connectivity index is 2.19. The number of aliphatic hydroxyl groups is 1. The molecule has 0 saturated carbocycles. The first kappa shape index (κ1) is 19.3. The molecule has 1 aliphatic rings. The third kappa shape index (κ3) is 5.23. The normalized spacial score (nSPS) is 18.9. The first-order valence-electron chi connectivity index (χ1n) is 9.02. The van der Waals surface area contributed by atoms with E-state index in [2.05, 4.69) is 6.92 Å². The van der Waals surface area contributed by atoms with Gasteiger partial charge in [-0.3, -0.25) is 0 Å². The average molecular weight is 348 g/mol. The average Bonchev–Trinajstić information content (AvgIpc) is 2.58. The van der Waals surface area contributed by atoms with Crippen LogP contribution in [0.1, 0.15) is 57.9 Å². The number of hydrogen-bond donors (Lipinski definition) is 2. The summed E-state index contributed by atoms with van der Waals surface area (Å²) in [5, 5.41) is 18.6. The number of fused-ring (bicyclic) bond motifs is 1. The molecule has 0 aromatic heterocycles. The lowest BCUT2D eigenvalue weighted by atomic mass is 9.89. The molecule has 1 aliphatic heterocycles. The number of carbonyl (C=O) groups is 1. The number of benzene rings is 1. The van der Waals surface area contributed by atoms with Crippen LogP contribution >= 0.6 is 0 Å². The van der Waals surface area contributed by atoms with Gasteiger partial charge in [-0.15, -0.1) is 0 Å². The second-order valence-corrected chi connectivity index (χ2v) is 6.68. The number of aliphatic hydroxyl groups excluding tert-OH is 1. The molecule has 1 atom stereocenters. The zero-order valence-electron chi connectivity index (χ0n) is 15.1. The number of aromatic hydroxyl groups is 1. The predicted octanol–water partition coefficient (Wildman–Crippen LogP) is 3.82. The maximum Gasteiger partial charge on any atom is 0.338 e. The molecule has 2 N–H and O–H groups in total. The van der Waals surface area contributed by atoms with E-state index in [0.717, 1.165) is 19.3 Å². The van der Waals surface area contributed by atoms with E-state index >= 15 is 0 Å². The van der Waals surface area contributed by atoms with Crippen molar-refractivity contribution in [3.05, 3.63) is 29.8 Å². The fraction of sp³-hybridized carbons (Fsp3) is 0.550. The second kappa shape index (κ2) is 8.90. The van der Waals surface area contributed by atoms with E-state index in [1.54, 1.807) is 6.07 Å². The highest BCUT2D eigenvalue weighted by Gasteiger charge is 2.33. The van der Waals surface area contributed by atoms with Crippen molar-refractivity contribution in [1.29, 1.82) is 0 Å². The number of hydrogen-bond acceptors (Lipinski definition) is 5. The van der Waals surface area contributed by atoms with Crippen LogP contribution in [0.5, 0.6) is 11.5 Å². The van der Waals surface area contributed by atoms with Gasteiger partial charge >= 0.3 is 5.97 Å². The van der Waals surface area contributed by atoms with Crippen molar-refractivity contribution >= 4 is 11.5 Å². The lowest BCUT2D eigenvalue weighted by Crippen LogP contribution is -2.34. The Morgan fingerprint density at radius 3 is 2.72 bits per heavy atom. The Morgan fingerprint density at radius 2 is 2.00 bits per heavy atom. The van der Waals surface area contributed by atoms with E-state index in [9.17, 15) is 9.90 Å². The summed E-state index contributed by atoms with van der Waals surface area (Å²) in [7, 11) is 0. The zero-order chi connectivity index (χ0) is 18.3. The number of rotatable bonds is 9. The standard InChI is InChI=1S/C20H28O5/c1-3-4-5-6-7-10-20(2)14-17(19(23)24-12-11-21)16-9-8-15(22)13-18(16)25-20/h8-9,13-14,21-22H,3-7,10-12H2,1-2H3. The highest BCUT2D eigenvalue weighted by Crippen LogP contribution is 2.40. The maximum atomic E-state index is 12.4. The molecule has 0 spiro atoms. The number of phenolic OH excluding ortho intramolecular Hbond substituents is 1. The van der Waals surface area contributed by atoms with Gasteiger partial charge in [-0.05, 0) is 38.0 Å². The van der Waals surface area contributed by atoms with Gasteiger partial charge in [0.1, 0.15) is 23.7 Å². The number of ether oxygens (including phenoxy) is 2. The van der Waals surface area contributed by atoms with Crippen LogP contribution in [0.4, 0.5) is 0 Å². The lowest BCUT2D eigenvalue weighted by molar-refractivity contribution is -0.137. The van der Waals surface area contributed by atoms with Gasteiger partial charge in [0.2, 0.25) is 0 Å². The molecule has 0 aliphatic carbocycles. The van der Waals surface area contributed by atoms with Crippen LogP contribution < -0.4 is 4.74 Å². The molecular weight excluding hydrogens is 320 g/mol. The van der Waals surface area contributed by atoms with Gasteiger partial charge < -0.3 is 19.7 Å². The van der Waals surface area contributed by atoms with Crippen molar-refractivity contribution in [3.8, 4) is 11.5 Å². The maximum absolute atomic E-state index is 12.4. The highest BCUT2D eigenvalue weighted by molar-refractivity contribution is 6.18. The fourth-order valence-electron chi connectivity index (χ4n) is 3.07. The van der Waals surface area contributed by atoms with Crippen molar-refractivity contribution in [2.24, 2.45) is 0 Å². The number of esters is 1. The molecule has 0 amide bonds. The van der Waals surface area contributed by atoms with E-state index < -0.39 is 11.6 Å². The van der Waals surface area contributed by atoms with Crippen molar-refractivity contribution in [1.82, 2.24) is 0 Å². The predicted molar refractivity (Wildman–Crippen MR) is 96.5 cm³/mol. The lowest BCUT2D eigenvalue weighted by Gasteiger charge is -2.33. The summed E-state index contributed by atoms with van der Waals surface area (Å²) in [4.78, 5) is 12.4. The Hall–Kier alpha value is -2.01. The van der Waals surface area contributed by atoms with Crippen LogP contribution in [-0.4, -0.2) is 35.0 Å². The van der Waals surface area contributed by atoms with Gasteiger partial charge in [-0.25, -0.2) is 4.79 Å². The summed E-state index contributed by atoms with van der Waals surface area (Å²) in [5.41, 5.74) is 0.399. The summed E-state index contributed by atoms with van der Waals surface area (Å²) in [6, 6.07) is 4.69. The first-order chi connectivity index (χ1) is 12.0. The molecule has 138 valence electrons. The van der Waals surface area contributed by atoms with E-state index in [0.29, 0.717) is 16.9 Å². The molecule has 25 heavy (non-hydrogen) atoms. The Morgan fingerprint density at radius 1 is 1.24 bits per heavy atom. The minimum atomic E-state index is -0.624. The number of unbranched alkanes of at least 4 members (excludes halogenated alkanes) is 4. The first-order valence-corrected chi connectivity index (χ1v) is 9.02. The monoisotopic (exact) mass is 348 g/mol. The van der Waals surface area contributed by atoms with Gasteiger partial charge in [0, 0.05) is 11.6 Å². The quantitative estimate of drug-likeness (QED) is 0.524. The van der Waals surface area contributed by atoms with Crippen LogP contribution in [0.2, 0.25) is 0 Å². The van der Waals surface area contributed by atoms with E-state index in [1.807, 2.05) is 13.0 Å². The van der Waals surface area contributed by atoms with Crippen LogP contribution in [0.15, 0.2) is 24.3 Å². The molecule has 1 unspecified atom stereocenters. The second-order valence-electron chi connectivity index (χ2n) is 6.68. The van der Waals surface area contributed by atoms with Gasteiger partial charge in [-0.2, -0.15) is 0 Å². The third-order valence-electron chi connectivity index (χ3n) is 4.37. The summed E-state index contributed by atoms with van der Waals surface area (Å²) >= 11 is 0. The van der Waals surface area contributed by atoms with Crippen molar-refractivity contribution < 1.29 is 24.5 Å². The smallest absolute Gasteiger partial charge is 0.338 e. The SMILES string of the molecule is CCCCCCCC1(C)C=C(C(=O)OCCO)c2ccc(O)cc2O1. The van der Waals surface area contributed by atoms with E-state index in [4.69, 9.17) is 14.6 Å². The zero-order valence-corrected chi connectivity index (χ0v) is 15.1. The molecule has 2 rings (SSSR count). The van der Waals surface area contributed by atoms with Crippen molar-refractivity contribution in [2.45, 2.75) is 58.0 Å². The highest BCUT2D eigenvalue weighted by atomic mass is 16.5. The number of phenols is 1. The summed E-state index contributed by atoms with van der Waals surface area (Å²) in [6.07, 6.45) is 8.33. The fourth-order valence-corrected chi connectivity index (χ4v) is 3.07. The minimum absolute atomic E-state index is 0.0435. The summed E-state index contributed by atoms with van der Waals surface area (Å²) in [6.45, 7) is 3.87. The minimum Gasteiger partial charge on any atom is -0.508 e. The molecule has 1 heterocycles. The molecule has 0 saturated heterocycles. The Kier molecular flexibility index (Phi) is 6.88. The van der Waals surface area contributed by atoms with Gasteiger partial charge in [-0.1, -0.05) is 32.6 Å². The molecule has 5 heteroatoms. The van der Waals surface area contributed by atoms with Crippen LogP contribution in [0, 0.1) is 0 Å². The van der Waals surface area contributed by atoms with Crippen molar-refractivity contribution in [3.63, 3.8) is 0 Å². The summed E-state index contributed by atoms with van der Waals surface area (Å²) < 4.78 is 11.2. The largest absolute Gasteiger partial charge is 0.508 e. The van der Waals surface area contributed by atoms with Gasteiger partial charge in [0.05, 0.1) is 12.2 Å². The van der Waals surface area contributed by atoms with Crippen molar-refractivity contribution in [2.75, 3.05) is 13.2 Å². The van der Waals surface area contributed by atoms with Gasteiger partial charge in [0.25, 0.3) is 0 Å². The molecule has 0 bridgehead atoms. The summed E-state index contributed by atoms with van der Waals surface area (Å²) in [5.74, 6) is 0.0880. The Bertz CT molecular complexity index is 623.